The summed E-state index contributed by atoms with van der Waals surface area (Å²) < 4.78 is 0. The normalized spacial score (nSPS) is 28.0. The summed E-state index contributed by atoms with van der Waals surface area (Å²) in [6, 6.07) is 6.32. The molecule has 1 amide bonds. The van der Waals surface area contributed by atoms with Crippen molar-refractivity contribution in [3.05, 3.63) is 34.9 Å². The number of likely N-dealkylation sites (tertiary alicyclic amines) is 1. The Labute approximate surface area is 124 Å². The Morgan fingerprint density at radius 1 is 1.43 bits per heavy atom. The van der Waals surface area contributed by atoms with E-state index in [9.17, 15) is 9.59 Å². The van der Waals surface area contributed by atoms with E-state index in [0.29, 0.717) is 6.42 Å². The molecule has 1 aliphatic heterocycles. The summed E-state index contributed by atoms with van der Waals surface area (Å²) in [5.41, 5.74) is 3.42. The Bertz CT molecular complexity index is 610. The summed E-state index contributed by atoms with van der Waals surface area (Å²) in [6.07, 6.45) is 3.43. The number of piperidine rings is 1. The zero-order valence-electron chi connectivity index (χ0n) is 12.6. The Kier molecular flexibility index (Phi) is 3.27. The molecule has 3 rings (SSSR count). The van der Waals surface area contributed by atoms with Crippen LogP contribution >= 0.6 is 0 Å². The van der Waals surface area contributed by atoms with Gasteiger partial charge in [-0.25, -0.2) is 0 Å². The topological polar surface area (TPSA) is 57.6 Å². The van der Waals surface area contributed by atoms with Crippen molar-refractivity contribution in [3.8, 4) is 0 Å². The number of carboxylic acid groups (broad SMARTS) is 1. The zero-order chi connectivity index (χ0) is 15.2. The molecule has 1 N–H and O–H groups in total. The highest BCUT2D eigenvalue weighted by atomic mass is 16.4. The second kappa shape index (κ2) is 4.86. The second-order valence-corrected chi connectivity index (χ2v) is 6.54. The lowest BCUT2D eigenvalue weighted by atomic mass is 9.63. The van der Waals surface area contributed by atoms with Gasteiger partial charge in [0.05, 0.1) is 6.42 Å². The molecule has 0 unspecified atom stereocenters. The molecule has 1 saturated heterocycles. The highest BCUT2D eigenvalue weighted by Gasteiger charge is 2.46. The Balaban J connectivity index is 1.99. The van der Waals surface area contributed by atoms with E-state index in [1.807, 2.05) is 24.1 Å². The largest absolute Gasteiger partial charge is 0.481 e. The van der Waals surface area contributed by atoms with Crippen molar-refractivity contribution in [3.63, 3.8) is 0 Å². The summed E-state index contributed by atoms with van der Waals surface area (Å²) in [4.78, 5) is 24.7. The van der Waals surface area contributed by atoms with Gasteiger partial charge in [-0.2, -0.15) is 0 Å². The van der Waals surface area contributed by atoms with Crippen molar-refractivity contribution < 1.29 is 14.7 Å². The van der Waals surface area contributed by atoms with Gasteiger partial charge in [-0.05, 0) is 36.0 Å². The number of hydrogen-bond donors (Lipinski definition) is 1. The number of aliphatic carboxylic acids is 1. The second-order valence-electron chi connectivity index (χ2n) is 6.54. The van der Waals surface area contributed by atoms with Crippen LogP contribution < -0.4 is 0 Å². The van der Waals surface area contributed by atoms with E-state index in [4.69, 9.17) is 5.11 Å². The van der Waals surface area contributed by atoms with E-state index in [-0.39, 0.29) is 23.8 Å². The number of likely N-dealkylation sites (N-methyl/N-ethyl adjacent to an activating group) is 1. The zero-order valence-corrected chi connectivity index (χ0v) is 12.6. The highest BCUT2D eigenvalue weighted by molar-refractivity contribution is 5.78. The molecule has 0 saturated carbocycles. The standard InChI is InChI=1S/C17H21NO3/c1-17-8-7-15(19)18(2)14(17)6-4-12-9-11(10-16(20)21)3-5-13(12)17/h3,5,9,14H,4,6-8,10H2,1-2H3,(H,20,21)/t14-,17-/m1/s1. The fraction of sp³-hybridized carbons (Fsp3) is 0.529. The van der Waals surface area contributed by atoms with Crippen LogP contribution in [0.4, 0.5) is 0 Å². The number of benzene rings is 1. The number of carbonyl (C=O) groups is 2. The monoisotopic (exact) mass is 287 g/mol. The van der Waals surface area contributed by atoms with Gasteiger partial charge in [-0.15, -0.1) is 0 Å². The smallest absolute Gasteiger partial charge is 0.307 e. The van der Waals surface area contributed by atoms with Crippen LogP contribution in [0.25, 0.3) is 0 Å². The van der Waals surface area contributed by atoms with Gasteiger partial charge >= 0.3 is 5.97 Å². The summed E-state index contributed by atoms with van der Waals surface area (Å²) in [7, 11) is 1.91. The lowest BCUT2D eigenvalue weighted by Gasteiger charge is -2.50. The van der Waals surface area contributed by atoms with Crippen LogP contribution in [-0.2, 0) is 27.8 Å². The predicted octanol–water partition coefficient (Wildman–Crippen LogP) is 2.14. The fourth-order valence-electron chi connectivity index (χ4n) is 4.13. The van der Waals surface area contributed by atoms with Crippen LogP contribution in [0.1, 0.15) is 42.9 Å². The van der Waals surface area contributed by atoms with E-state index in [0.717, 1.165) is 24.8 Å². The van der Waals surface area contributed by atoms with Gasteiger partial charge in [0.1, 0.15) is 0 Å². The number of carbonyl (C=O) groups excluding carboxylic acids is 1. The van der Waals surface area contributed by atoms with E-state index in [1.54, 1.807) is 0 Å². The molecule has 1 aliphatic carbocycles. The number of aryl methyl sites for hydroxylation is 1. The van der Waals surface area contributed by atoms with Crippen molar-refractivity contribution in [2.24, 2.45) is 0 Å². The van der Waals surface area contributed by atoms with Crippen molar-refractivity contribution >= 4 is 11.9 Å². The van der Waals surface area contributed by atoms with Crippen LogP contribution in [0.15, 0.2) is 18.2 Å². The molecule has 112 valence electrons. The third-order valence-electron chi connectivity index (χ3n) is 5.28. The van der Waals surface area contributed by atoms with Crippen molar-refractivity contribution in [2.45, 2.75) is 50.5 Å². The maximum atomic E-state index is 11.9. The Morgan fingerprint density at radius 2 is 2.19 bits per heavy atom. The highest BCUT2D eigenvalue weighted by Crippen LogP contribution is 2.45. The van der Waals surface area contributed by atoms with Crippen molar-refractivity contribution in [1.82, 2.24) is 4.90 Å². The van der Waals surface area contributed by atoms with Gasteiger partial charge in [-0.3, -0.25) is 9.59 Å². The molecule has 1 aromatic rings. The molecule has 21 heavy (non-hydrogen) atoms. The molecule has 0 radical (unpaired) electrons. The fourth-order valence-corrected chi connectivity index (χ4v) is 4.13. The van der Waals surface area contributed by atoms with E-state index in [2.05, 4.69) is 13.0 Å². The molecule has 2 atom stereocenters. The average molecular weight is 287 g/mol. The molecular weight excluding hydrogens is 266 g/mol. The SMILES string of the molecule is CN1C(=O)CC[C@]2(C)c3ccc(CC(=O)O)cc3CC[C@@H]12. The van der Waals surface area contributed by atoms with Crippen molar-refractivity contribution in [1.29, 1.82) is 0 Å². The lowest BCUT2D eigenvalue weighted by molar-refractivity contribution is -0.138. The van der Waals surface area contributed by atoms with Gasteiger partial charge in [0, 0.05) is 24.9 Å². The molecule has 0 spiro atoms. The first-order chi connectivity index (χ1) is 9.91. The maximum absolute atomic E-state index is 11.9. The van der Waals surface area contributed by atoms with E-state index in [1.165, 1.54) is 11.1 Å². The van der Waals surface area contributed by atoms with E-state index < -0.39 is 5.97 Å². The van der Waals surface area contributed by atoms with Crippen molar-refractivity contribution in [2.75, 3.05) is 7.05 Å². The number of fused-ring (bicyclic) bond motifs is 3. The number of amides is 1. The van der Waals surface area contributed by atoms with Gasteiger partial charge in [0.2, 0.25) is 5.91 Å². The molecule has 4 heteroatoms. The molecule has 0 bridgehead atoms. The van der Waals surface area contributed by atoms with Crippen LogP contribution in [0.5, 0.6) is 0 Å². The average Bonchev–Trinajstić information content (AvgIpc) is 2.42. The van der Waals surface area contributed by atoms with Crippen LogP contribution in [0.2, 0.25) is 0 Å². The first-order valence-corrected chi connectivity index (χ1v) is 7.51. The minimum Gasteiger partial charge on any atom is -0.481 e. The predicted molar refractivity (Wildman–Crippen MR) is 79.2 cm³/mol. The Morgan fingerprint density at radius 3 is 2.90 bits per heavy atom. The van der Waals surface area contributed by atoms with E-state index >= 15 is 0 Å². The quantitative estimate of drug-likeness (QED) is 0.906. The van der Waals surface area contributed by atoms with Crippen LogP contribution in [0.3, 0.4) is 0 Å². The van der Waals surface area contributed by atoms with Crippen LogP contribution in [0, 0.1) is 0 Å². The molecule has 1 heterocycles. The lowest BCUT2D eigenvalue weighted by Crippen LogP contribution is -2.56. The minimum absolute atomic E-state index is 0.00199. The van der Waals surface area contributed by atoms with Gasteiger partial charge in [0.15, 0.2) is 0 Å². The summed E-state index contributed by atoms with van der Waals surface area (Å²) >= 11 is 0. The third kappa shape index (κ3) is 2.23. The molecule has 4 nitrogen and oxygen atoms in total. The number of hydrogen-bond acceptors (Lipinski definition) is 2. The summed E-state index contributed by atoms with van der Waals surface area (Å²) in [5.74, 6) is -0.554. The molecular formula is C17H21NO3. The molecule has 1 aromatic carbocycles. The number of nitrogens with zero attached hydrogens (tertiary/aromatic N) is 1. The first kappa shape index (κ1) is 14.1. The Hall–Kier alpha value is -1.84. The molecule has 0 aromatic heterocycles. The minimum atomic E-state index is -0.794. The van der Waals surface area contributed by atoms with Gasteiger partial charge in [-0.1, -0.05) is 25.1 Å². The maximum Gasteiger partial charge on any atom is 0.307 e. The molecule has 1 fully saturated rings. The number of carboxylic acids is 1. The van der Waals surface area contributed by atoms with Crippen LogP contribution in [-0.4, -0.2) is 35.0 Å². The summed E-state index contributed by atoms with van der Waals surface area (Å²) in [5, 5.41) is 8.93. The summed E-state index contributed by atoms with van der Waals surface area (Å²) in [6.45, 7) is 2.25. The first-order valence-electron chi connectivity index (χ1n) is 7.51. The third-order valence-corrected chi connectivity index (χ3v) is 5.28. The molecule has 2 aliphatic rings. The van der Waals surface area contributed by atoms with Gasteiger partial charge < -0.3 is 10.0 Å². The number of rotatable bonds is 2. The van der Waals surface area contributed by atoms with Gasteiger partial charge in [0.25, 0.3) is 0 Å².